The van der Waals surface area contributed by atoms with E-state index in [4.69, 9.17) is 9.84 Å². The predicted molar refractivity (Wildman–Crippen MR) is 103 cm³/mol. The summed E-state index contributed by atoms with van der Waals surface area (Å²) in [6, 6.07) is 6.48. The SMILES string of the molecule is CC(Oc1cnc(-c2ccc(S(C)(=O)=O)cc2)cn1)C1CCN(C(=O)O)CC1. The zero-order valence-electron chi connectivity index (χ0n) is 15.8. The molecule has 0 saturated carbocycles. The molecule has 1 aromatic carbocycles. The third-order valence-electron chi connectivity index (χ3n) is 4.99. The number of carbonyl (C=O) groups is 1. The second-order valence-electron chi connectivity index (χ2n) is 6.97. The van der Waals surface area contributed by atoms with Crippen molar-refractivity contribution in [2.24, 2.45) is 5.92 Å². The maximum Gasteiger partial charge on any atom is 0.407 e. The third-order valence-corrected chi connectivity index (χ3v) is 6.12. The highest BCUT2D eigenvalue weighted by Crippen LogP contribution is 2.25. The quantitative estimate of drug-likeness (QED) is 0.814. The van der Waals surface area contributed by atoms with E-state index in [1.807, 2.05) is 6.92 Å². The Morgan fingerprint density at radius 2 is 1.82 bits per heavy atom. The summed E-state index contributed by atoms with van der Waals surface area (Å²) in [6.45, 7) is 2.99. The van der Waals surface area contributed by atoms with Crippen LogP contribution in [0.3, 0.4) is 0 Å². The van der Waals surface area contributed by atoms with Crippen LogP contribution in [-0.2, 0) is 9.84 Å². The second-order valence-corrected chi connectivity index (χ2v) is 8.98. The molecule has 1 aromatic heterocycles. The summed E-state index contributed by atoms with van der Waals surface area (Å²) < 4.78 is 29.0. The molecule has 28 heavy (non-hydrogen) atoms. The number of sulfone groups is 1. The molecular weight excluding hydrogens is 382 g/mol. The van der Waals surface area contributed by atoms with Crippen LogP contribution in [0.15, 0.2) is 41.6 Å². The molecule has 9 heteroatoms. The standard InChI is InChI=1S/C19H23N3O5S/c1-13(14-7-9-22(10-8-14)19(23)24)27-18-12-20-17(11-21-18)15-3-5-16(6-4-15)28(2,25)26/h3-6,11-14H,7-10H2,1-2H3,(H,23,24). The zero-order chi connectivity index (χ0) is 20.3. The molecule has 0 bridgehead atoms. The first-order valence-corrected chi connectivity index (χ1v) is 10.9. The molecule has 2 heterocycles. The Morgan fingerprint density at radius 3 is 2.32 bits per heavy atom. The van der Waals surface area contributed by atoms with E-state index in [2.05, 4.69) is 9.97 Å². The first-order chi connectivity index (χ1) is 13.2. The van der Waals surface area contributed by atoms with E-state index in [0.29, 0.717) is 24.7 Å². The van der Waals surface area contributed by atoms with Gasteiger partial charge in [0, 0.05) is 24.9 Å². The van der Waals surface area contributed by atoms with Gasteiger partial charge in [-0.25, -0.2) is 23.2 Å². The zero-order valence-corrected chi connectivity index (χ0v) is 16.6. The average Bonchev–Trinajstić information content (AvgIpc) is 2.68. The second kappa shape index (κ2) is 8.14. The van der Waals surface area contributed by atoms with Crippen molar-refractivity contribution < 1.29 is 23.1 Å². The molecule has 0 spiro atoms. The number of carboxylic acid groups (broad SMARTS) is 1. The van der Waals surface area contributed by atoms with E-state index in [-0.39, 0.29) is 16.9 Å². The van der Waals surface area contributed by atoms with Crippen LogP contribution in [-0.4, -0.2) is 59.9 Å². The number of amides is 1. The number of ether oxygens (including phenoxy) is 1. The van der Waals surface area contributed by atoms with E-state index < -0.39 is 15.9 Å². The molecule has 1 fully saturated rings. The Kier molecular flexibility index (Phi) is 5.83. The normalized spacial score (nSPS) is 16.6. The van der Waals surface area contributed by atoms with Crippen LogP contribution in [0.5, 0.6) is 5.88 Å². The van der Waals surface area contributed by atoms with E-state index >= 15 is 0 Å². The number of aromatic nitrogens is 2. The third kappa shape index (κ3) is 4.78. The topological polar surface area (TPSA) is 110 Å². The molecule has 1 saturated heterocycles. The Balaban J connectivity index is 1.61. The molecule has 1 N–H and O–H groups in total. The summed E-state index contributed by atoms with van der Waals surface area (Å²) in [7, 11) is -3.23. The van der Waals surface area contributed by atoms with Gasteiger partial charge in [0.25, 0.3) is 0 Å². The van der Waals surface area contributed by atoms with Crippen LogP contribution >= 0.6 is 0 Å². The molecule has 1 atom stereocenters. The Labute approximate surface area is 164 Å². The largest absolute Gasteiger partial charge is 0.473 e. The molecular formula is C19H23N3O5S. The highest BCUT2D eigenvalue weighted by Gasteiger charge is 2.27. The van der Waals surface area contributed by atoms with Gasteiger partial charge >= 0.3 is 6.09 Å². The molecule has 0 radical (unpaired) electrons. The Hall–Kier alpha value is -2.68. The van der Waals surface area contributed by atoms with Gasteiger partial charge in [-0.1, -0.05) is 12.1 Å². The van der Waals surface area contributed by atoms with Gasteiger partial charge < -0.3 is 14.7 Å². The molecule has 3 rings (SSSR count). The van der Waals surface area contributed by atoms with Gasteiger partial charge in [0.1, 0.15) is 6.10 Å². The first kappa shape index (κ1) is 20.1. The van der Waals surface area contributed by atoms with Gasteiger partial charge in [-0.3, -0.25) is 0 Å². The van der Waals surface area contributed by atoms with E-state index in [1.165, 1.54) is 11.2 Å². The van der Waals surface area contributed by atoms with Crippen molar-refractivity contribution in [1.82, 2.24) is 14.9 Å². The van der Waals surface area contributed by atoms with Gasteiger partial charge in [-0.15, -0.1) is 0 Å². The molecule has 150 valence electrons. The highest BCUT2D eigenvalue weighted by molar-refractivity contribution is 7.90. The van der Waals surface area contributed by atoms with Crippen molar-refractivity contribution in [3.63, 3.8) is 0 Å². The fraction of sp³-hybridized carbons (Fsp3) is 0.421. The lowest BCUT2D eigenvalue weighted by Gasteiger charge is -2.33. The predicted octanol–water partition coefficient (Wildman–Crippen LogP) is 2.70. The summed E-state index contributed by atoms with van der Waals surface area (Å²) in [5.41, 5.74) is 1.38. The lowest BCUT2D eigenvalue weighted by atomic mass is 9.92. The molecule has 1 amide bonds. The van der Waals surface area contributed by atoms with E-state index in [1.54, 1.807) is 36.7 Å². The summed E-state index contributed by atoms with van der Waals surface area (Å²) in [4.78, 5) is 21.3. The number of benzene rings is 1. The van der Waals surface area contributed by atoms with Crippen LogP contribution in [0.4, 0.5) is 4.79 Å². The molecule has 8 nitrogen and oxygen atoms in total. The lowest BCUT2D eigenvalue weighted by molar-refractivity contribution is 0.0788. The van der Waals surface area contributed by atoms with E-state index in [9.17, 15) is 13.2 Å². The van der Waals surface area contributed by atoms with Gasteiger partial charge in [-0.05, 0) is 37.8 Å². The van der Waals surface area contributed by atoms with E-state index in [0.717, 1.165) is 18.4 Å². The van der Waals surface area contributed by atoms with Gasteiger partial charge in [-0.2, -0.15) is 0 Å². The Bertz CT molecular complexity index is 921. The number of piperidine rings is 1. The minimum Gasteiger partial charge on any atom is -0.473 e. The fourth-order valence-electron chi connectivity index (χ4n) is 3.25. The first-order valence-electron chi connectivity index (χ1n) is 9.01. The van der Waals surface area contributed by atoms with Crippen LogP contribution in [0, 0.1) is 5.92 Å². The van der Waals surface area contributed by atoms with Gasteiger partial charge in [0.15, 0.2) is 9.84 Å². The number of hydrogen-bond donors (Lipinski definition) is 1. The summed E-state index contributed by atoms with van der Waals surface area (Å²) in [5.74, 6) is 0.672. The molecule has 2 aromatic rings. The number of rotatable bonds is 5. The lowest BCUT2D eigenvalue weighted by Crippen LogP contribution is -2.41. The van der Waals surface area contributed by atoms with Crippen LogP contribution in [0.2, 0.25) is 0 Å². The van der Waals surface area contributed by atoms with Crippen LogP contribution in [0.25, 0.3) is 11.3 Å². The maximum absolute atomic E-state index is 11.5. The maximum atomic E-state index is 11.5. The monoisotopic (exact) mass is 405 g/mol. The fourth-order valence-corrected chi connectivity index (χ4v) is 3.88. The van der Waals surface area contributed by atoms with Crippen molar-refractivity contribution in [2.75, 3.05) is 19.3 Å². The molecule has 1 aliphatic rings. The Morgan fingerprint density at radius 1 is 1.18 bits per heavy atom. The number of likely N-dealkylation sites (tertiary alicyclic amines) is 1. The van der Waals surface area contributed by atoms with Crippen LogP contribution in [0.1, 0.15) is 19.8 Å². The molecule has 1 aliphatic heterocycles. The highest BCUT2D eigenvalue weighted by atomic mass is 32.2. The van der Waals surface area contributed by atoms with Crippen molar-refractivity contribution >= 4 is 15.9 Å². The van der Waals surface area contributed by atoms with Gasteiger partial charge in [0.2, 0.25) is 5.88 Å². The van der Waals surface area contributed by atoms with Crippen LogP contribution < -0.4 is 4.74 Å². The average molecular weight is 405 g/mol. The summed E-state index contributed by atoms with van der Waals surface area (Å²) in [5, 5.41) is 9.02. The van der Waals surface area contributed by atoms with Crippen molar-refractivity contribution in [1.29, 1.82) is 0 Å². The van der Waals surface area contributed by atoms with Crippen molar-refractivity contribution in [3.05, 3.63) is 36.7 Å². The van der Waals surface area contributed by atoms with Gasteiger partial charge in [0.05, 0.1) is 23.0 Å². The number of nitrogens with zero attached hydrogens (tertiary/aromatic N) is 3. The minimum atomic E-state index is -3.23. The number of hydrogen-bond acceptors (Lipinski definition) is 6. The summed E-state index contributed by atoms with van der Waals surface area (Å²) in [6.07, 6.45) is 4.84. The van der Waals surface area contributed by atoms with Crippen molar-refractivity contribution in [3.8, 4) is 17.1 Å². The molecule has 0 aliphatic carbocycles. The minimum absolute atomic E-state index is 0.0925. The molecule has 1 unspecified atom stereocenters. The van der Waals surface area contributed by atoms with Crippen molar-refractivity contribution in [2.45, 2.75) is 30.8 Å². The summed E-state index contributed by atoms with van der Waals surface area (Å²) >= 11 is 0. The smallest absolute Gasteiger partial charge is 0.407 e.